The van der Waals surface area contributed by atoms with Gasteiger partial charge in [-0.05, 0) is 80.3 Å². The molecule has 0 saturated heterocycles. The van der Waals surface area contributed by atoms with Crippen molar-refractivity contribution in [3.63, 3.8) is 0 Å². The van der Waals surface area contributed by atoms with Crippen LogP contribution in [-0.2, 0) is 25.8 Å². The summed E-state index contributed by atoms with van der Waals surface area (Å²) >= 11 is 12.7. The lowest BCUT2D eigenvalue weighted by Crippen LogP contribution is -2.20. The van der Waals surface area contributed by atoms with Crippen molar-refractivity contribution in [2.24, 2.45) is 0 Å². The second-order valence-electron chi connectivity index (χ2n) is 8.62. The standard InChI is InChI=1S/C26H25Cl2N3O/c27-18-10-12-21-23(15-18)29-16-31(26(21)32)13-5-1-2-6-17-9-11-20-24(14-17)30-22-8-4-3-7-19(22)25(20)28/h9-12,14-16H,1-8,13H2. The summed E-state index contributed by atoms with van der Waals surface area (Å²) in [5.74, 6) is 0. The maximum atomic E-state index is 12.6. The third kappa shape index (κ3) is 4.26. The van der Waals surface area contributed by atoms with Gasteiger partial charge in [0.1, 0.15) is 0 Å². The molecule has 4 nitrogen and oxygen atoms in total. The number of hydrogen-bond acceptors (Lipinski definition) is 3. The molecule has 2 aromatic heterocycles. The van der Waals surface area contributed by atoms with E-state index < -0.39 is 0 Å². The molecule has 0 spiro atoms. The van der Waals surface area contributed by atoms with Crippen molar-refractivity contribution in [3.8, 4) is 0 Å². The third-order valence-corrected chi connectivity index (χ3v) is 7.08. The summed E-state index contributed by atoms with van der Waals surface area (Å²) in [4.78, 5) is 21.9. The summed E-state index contributed by atoms with van der Waals surface area (Å²) in [5.41, 5.74) is 5.38. The first-order valence-corrected chi connectivity index (χ1v) is 12.1. The van der Waals surface area contributed by atoms with Gasteiger partial charge in [-0.15, -0.1) is 0 Å². The zero-order chi connectivity index (χ0) is 22.1. The minimum atomic E-state index is -0.00696. The zero-order valence-electron chi connectivity index (χ0n) is 17.9. The number of aryl methyl sites for hydroxylation is 3. The highest BCUT2D eigenvalue weighted by atomic mass is 35.5. The molecule has 0 radical (unpaired) electrons. The van der Waals surface area contributed by atoms with Crippen LogP contribution in [0.4, 0.5) is 0 Å². The van der Waals surface area contributed by atoms with E-state index in [2.05, 4.69) is 23.2 Å². The van der Waals surface area contributed by atoms with Gasteiger partial charge in [-0.2, -0.15) is 0 Å². The molecule has 0 saturated carbocycles. The van der Waals surface area contributed by atoms with Crippen LogP contribution in [0, 0.1) is 0 Å². The molecule has 32 heavy (non-hydrogen) atoms. The summed E-state index contributed by atoms with van der Waals surface area (Å²) in [6.07, 6.45) is 10.1. The van der Waals surface area contributed by atoms with Gasteiger partial charge in [0.2, 0.25) is 0 Å². The maximum Gasteiger partial charge on any atom is 0.261 e. The third-order valence-electron chi connectivity index (χ3n) is 6.41. The van der Waals surface area contributed by atoms with Gasteiger partial charge >= 0.3 is 0 Å². The minimum absolute atomic E-state index is 0.00696. The van der Waals surface area contributed by atoms with E-state index in [0.717, 1.165) is 54.5 Å². The van der Waals surface area contributed by atoms with Gasteiger partial charge < -0.3 is 0 Å². The molecule has 4 aromatic rings. The highest BCUT2D eigenvalue weighted by Gasteiger charge is 2.17. The van der Waals surface area contributed by atoms with E-state index in [1.165, 1.54) is 29.7 Å². The fourth-order valence-electron chi connectivity index (χ4n) is 4.65. The number of rotatable bonds is 6. The first-order chi connectivity index (χ1) is 15.6. The summed E-state index contributed by atoms with van der Waals surface area (Å²) < 4.78 is 1.70. The van der Waals surface area contributed by atoms with Crippen LogP contribution in [0.1, 0.15) is 48.9 Å². The normalized spacial score (nSPS) is 13.6. The monoisotopic (exact) mass is 465 g/mol. The van der Waals surface area contributed by atoms with Gasteiger partial charge in [-0.3, -0.25) is 14.3 Å². The highest BCUT2D eigenvalue weighted by molar-refractivity contribution is 6.36. The lowest BCUT2D eigenvalue weighted by Gasteiger charge is -2.18. The number of unbranched alkanes of at least 4 members (excludes halogenated alkanes) is 2. The second-order valence-corrected chi connectivity index (χ2v) is 9.44. The van der Waals surface area contributed by atoms with Crippen LogP contribution in [-0.4, -0.2) is 14.5 Å². The molecule has 0 aliphatic heterocycles. The van der Waals surface area contributed by atoms with Crippen molar-refractivity contribution in [1.82, 2.24) is 14.5 Å². The van der Waals surface area contributed by atoms with Crippen LogP contribution in [0.5, 0.6) is 0 Å². The van der Waals surface area contributed by atoms with Crippen molar-refractivity contribution < 1.29 is 0 Å². The average Bonchev–Trinajstić information content (AvgIpc) is 2.80. The fraction of sp³-hybridized carbons (Fsp3) is 0.346. The number of nitrogens with zero attached hydrogens (tertiary/aromatic N) is 3. The Morgan fingerprint density at radius 1 is 0.906 bits per heavy atom. The van der Waals surface area contributed by atoms with Crippen LogP contribution in [0.25, 0.3) is 21.8 Å². The molecule has 0 unspecified atom stereocenters. The largest absolute Gasteiger partial charge is 0.299 e. The molecule has 5 rings (SSSR count). The van der Waals surface area contributed by atoms with E-state index in [0.29, 0.717) is 22.5 Å². The van der Waals surface area contributed by atoms with E-state index >= 15 is 0 Å². The first-order valence-electron chi connectivity index (χ1n) is 11.3. The van der Waals surface area contributed by atoms with Crippen molar-refractivity contribution in [1.29, 1.82) is 0 Å². The molecule has 2 aromatic carbocycles. The summed E-state index contributed by atoms with van der Waals surface area (Å²) in [6.45, 7) is 0.672. The van der Waals surface area contributed by atoms with Crippen LogP contribution >= 0.6 is 23.2 Å². The number of aromatic nitrogens is 3. The molecule has 1 aliphatic carbocycles. The number of halogens is 2. The molecule has 164 valence electrons. The zero-order valence-corrected chi connectivity index (χ0v) is 19.4. The van der Waals surface area contributed by atoms with Crippen molar-refractivity contribution in [2.45, 2.75) is 57.9 Å². The van der Waals surface area contributed by atoms with Gasteiger partial charge in [-0.1, -0.05) is 41.8 Å². The summed E-state index contributed by atoms with van der Waals surface area (Å²) in [6, 6.07) is 11.7. The Morgan fingerprint density at radius 3 is 2.66 bits per heavy atom. The molecule has 2 heterocycles. The molecule has 1 aliphatic rings. The van der Waals surface area contributed by atoms with Crippen LogP contribution in [0.2, 0.25) is 10.0 Å². The molecule has 0 fully saturated rings. The van der Waals surface area contributed by atoms with Gasteiger partial charge in [0.05, 0.1) is 27.8 Å². The lowest BCUT2D eigenvalue weighted by molar-refractivity contribution is 0.571. The number of fused-ring (bicyclic) bond motifs is 3. The smallest absolute Gasteiger partial charge is 0.261 e. The topological polar surface area (TPSA) is 47.8 Å². The summed E-state index contributed by atoms with van der Waals surface area (Å²) in [7, 11) is 0. The number of benzene rings is 2. The van der Waals surface area contributed by atoms with Gasteiger partial charge in [-0.25, -0.2) is 4.98 Å². The van der Waals surface area contributed by atoms with Crippen molar-refractivity contribution in [2.75, 3.05) is 0 Å². The average molecular weight is 466 g/mol. The Labute approximate surface area is 197 Å². The maximum absolute atomic E-state index is 12.6. The Kier molecular flexibility index (Phi) is 6.16. The number of pyridine rings is 1. The lowest BCUT2D eigenvalue weighted by atomic mass is 9.94. The van der Waals surface area contributed by atoms with Crippen LogP contribution in [0.3, 0.4) is 0 Å². The quantitative estimate of drug-likeness (QED) is 0.303. The van der Waals surface area contributed by atoms with E-state index in [1.54, 1.807) is 29.1 Å². The first kappa shape index (κ1) is 21.4. The van der Waals surface area contributed by atoms with E-state index in [1.807, 2.05) is 0 Å². The van der Waals surface area contributed by atoms with E-state index in [4.69, 9.17) is 28.2 Å². The SMILES string of the molecule is O=c1c2ccc(Cl)cc2ncn1CCCCCc1ccc2c(Cl)c3c(nc2c1)CCCC3. The molecule has 0 bridgehead atoms. The van der Waals surface area contributed by atoms with E-state index in [9.17, 15) is 4.79 Å². The van der Waals surface area contributed by atoms with Gasteiger partial charge in [0.15, 0.2) is 0 Å². The Bertz CT molecular complexity index is 1360. The molecular weight excluding hydrogens is 441 g/mol. The highest BCUT2D eigenvalue weighted by Crippen LogP contribution is 2.33. The van der Waals surface area contributed by atoms with E-state index in [-0.39, 0.29) is 5.56 Å². The Hall–Kier alpha value is -2.43. The predicted octanol–water partition coefficient (Wildman–Crippen LogP) is 6.54. The van der Waals surface area contributed by atoms with Crippen LogP contribution < -0.4 is 5.56 Å². The Balaban J connectivity index is 1.20. The van der Waals surface area contributed by atoms with Gasteiger partial charge in [0.25, 0.3) is 5.56 Å². The minimum Gasteiger partial charge on any atom is -0.299 e. The second kappa shape index (κ2) is 9.21. The van der Waals surface area contributed by atoms with Crippen LogP contribution in [0.15, 0.2) is 47.5 Å². The predicted molar refractivity (Wildman–Crippen MR) is 132 cm³/mol. The summed E-state index contributed by atoms with van der Waals surface area (Å²) in [5, 5.41) is 3.17. The molecule has 0 atom stereocenters. The number of hydrogen-bond donors (Lipinski definition) is 0. The van der Waals surface area contributed by atoms with Crippen molar-refractivity contribution in [3.05, 3.63) is 79.9 Å². The molecule has 0 amide bonds. The molecule has 6 heteroatoms. The van der Waals surface area contributed by atoms with Gasteiger partial charge in [0, 0.05) is 22.6 Å². The fourth-order valence-corrected chi connectivity index (χ4v) is 5.18. The molecular formula is C26H25Cl2N3O. The molecule has 0 N–H and O–H groups in total. The van der Waals surface area contributed by atoms with Crippen molar-refractivity contribution >= 4 is 45.0 Å². The Morgan fingerprint density at radius 2 is 1.75 bits per heavy atom.